The highest BCUT2D eigenvalue weighted by Gasteiger charge is 2.20. The standard InChI is InChI=1S/C4H16O3Si3/c1-10(2,3)4-9(6)7-8-5/h5-6,9H,4,8H2,1-3H3. The summed E-state index contributed by atoms with van der Waals surface area (Å²) in [5.74, 6) is 0. The summed E-state index contributed by atoms with van der Waals surface area (Å²) in [7, 11) is -4.48. The summed E-state index contributed by atoms with van der Waals surface area (Å²) < 4.78 is 4.84. The second-order valence-electron chi connectivity index (χ2n) is 3.52. The Morgan fingerprint density at radius 2 is 2.00 bits per heavy atom. The van der Waals surface area contributed by atoms with Gasteiger partial charge < -0.3 is 13.7 Å². The maximum absolute atomic E-state index is 9.21. The molecule has 0 bridgehead atoms. The SMILES string of the molecule is C[Si](C)(C)C[SiH](O)O[SiH2]O. The van der Waals surface area contributed by atoms with Crippen LogP contribution in [0.4, 0.5) is 0 Å². The van der Waals surface area contributed by atoms with E-state index in [4.69, 9.17) is 8.91 Å². The van der Waals surface area contributed by atoms with Crippen LogP contribution in [-0.2, 0) is 4.12 Å². The zero-order valence-corrected chi connectivity index (χ0v) is 10.4. The first-order valence-electron chi connectivity index (χ1n) is 3.36. The molecule has 0 fully saturated rings. The lowest BCUT2D eigenvalue weighted by Crippen LogP contribution is -2.32. The lowest BCUT2D eigenvalue weighted by Gasteiger charge is -2.17. The van der Waals surface area contributed by atoms with Crippen LogP contribution in [0.1, 0.15) is 0 Å². The summed E-state index contributed by atoms with van der Waals surface area (Å²) >= 11 is 0. The van der Waals surface area contributed by atoms with Crippen molar-refractivity contribution in [1.29, 1.82) is 0 Å². The van der Waals surface area contributed by atoms with E-state index in [0.29, 0.717) is 0 Å². The summed E-state index contributed by atoms with van der Waals surface area (Å²) in [6.45, 7) is 6.56. The van der Waals surface area contributed by atoms with Crippen LogP contribution >= 0.6 is 0 Å². The van der Waals surface area contributed by atoms with Crippen molar-refractivity contribution in [3.8, 4) is 0 Å². The van der Waals surface area contributed by atoms with Gasteiger partial charge in [0.05, 0.1) is 0 Å². The van der Waals surface area contributed by atoms with Crippen LogP contribution in [-0.4, -0.2) is 37.0 Å². The van der Waals surface area contributed by atoms with Gasteiger partial charge >= 0.3 is 9.28 Å². The minimum atomic E-state index is -1.95. The quantitative estimate of drug-likeness (QED) is 0.572. The summed E-state index contributed by atoms with van der Waals surface area (Å²) in [4.78, 5) is 17.7. The summed E-state index contributed by atoms with van der Waals surface area (Å²) in [5.41, 5.74) is 0.848. The van der Waals surface area contributed by atoms with Crippen LogP contribution < -0.4 is 0 Å². The van der Waals surface area contributed by atoms with Crippen LogP contribution in [0.5, 0.6) is 0 Å². The molecule has 0 aliphatic carbocycles. The molecule has 10 heavy (non-hydrogen) atoms. The monoisotopic (exact) mass is 196 g/mol. The lowest BCUT2D eigenvalue weighted by atomic mass is 11.7. The Kier molecular flexibility index (Phi) is 4.65. The Balaban J connectivity index is 3.47. The smallest absolute Gasteiger partial charge is 0.306 e. The van der Waals surface area contributed by atoms with Gasteiger partial charge in [0.1, 0.15) is 0 Å². The molecule has 3 nitrogen and oxygen atoms in total. The largest absolute Gasteiger partial charge is 0.422 e. The average Bonchev–Trinajstić information content (AvgIpc) is 1.59. The second-order valence-corrected chi connectivity index (χ2v) is 12.8. The highest BCUT2D eigenvalue weighted by atomic mass is 28.4. The van der Waals surface area contributed by atoms with E-state index < -0.39 is 27.4 Å². The van der Waals surface area contributed by atoms with Crippen molar-refractivity contribution in [2.75, 3.05) is 0 Å². The van der Waals surface area contributed by atoms with Crippen molar-refractivity contribution >= 4 is 27.4 Å². The summed E-state index contributed by atoms with van der Waals surface area (Å²) in [6, 6.07) is 0. The van der Waals surface area contributed by atoms with Crippen LogP contribution in [0, 0.1) is 0 Å². The van der Waals surface area contributed by atoms with Gasteiger partial charge in [-0.3, -0.25) is 0 Å². The van der Waals surface area contributed by atoms with E-state index in [2.05, 4.69) is 19.6 Å². The minimum Gasteiger partial charge on any atom is -0.422 e. The first-order chi connectivity index (χ1) is 4.45. The van der Waals surface area contributed by atoms with Crippen molar-refractivity contribution in [2.24, 2.45) is 0 Å². The molecule has 0 aromatic carbocycles. The molecule has 1 unspecified atom stereocenters. The molecule has 1 atom stereocenters. The van der Waals surface area contributed by atoms with Crippen molar-refractivity contribution < 1.29 is 13.7 Å². The Morgan fingerprint density at radius 3 is 2.30 bits per heavy atom. The molecular formula is C4H16O3Si3. The fraction of sp³-hybridized carbons (Fsp3) is 1.00. The van der Waals surface area contributed by atoms with Crippen LogP contribution in [0.25, 0.3) is 0 Å². The molecule has 6 heteroatoms. The van der Waals surface area contributed by atoms with Crippen molar-refractivity contribution in [2.45, 2.75) is 25.3 Å². The molecular weight excluding hydrogens is 180 g/mol. The van der Waals surface area contributed by atoms with Gasteiger partial charge in [-0.25, -0.2) is 0 Å². The van der Waals surface area contributed by atoms with Crippen LogP contribution in [0.15, 0.2) is 0 Å². The molecule has 0 aromatic rings. The van der Waals surface area contributed by atoms with Crippen LogP contribution in [0.3, 0.4) is 0 Å². The molecule has 0 radical (unpaired) electrons. The Bertz CT molecular complexity index is 92.2. The van der Waals surface area contributed by atoms with E-state index in [1.807, 2.05) is 0 Å². The number of hydrogen-bond donors (Lipinski definition) is 2. The van der Waals surface area contributed by atoms with Gasteiger partial charge in [0.25, 0.3) is 10.0 Å². The third-order valence-corrected chi connectivity index (χ3v) is 9.49. The second kappa shape index (κ2) is 4.42. The average molecular weight is 196 g/mol. The topological polar surface area (TPSA) is 49.7 Å². The fourth-order valence-corrected chi connectivity index (χ4v) is 7.08. The van der Waals surface area contributed by atoms with Gasteiger partial charge in [-0.2, -0.15) is 0 Å². The fourth-order valence-electron chi connectivity index (χ4n) is 0.669. The molecule has 0 rings (SSSR count). The number of rotatable bonds is 4. The summed E-state index contributed by atoms with van der Waals surface area (Å²) in [6.07, 6.45) is 0. The maximum Gasteiger partial charge on any atom is 0.306 e. The van der Waals surface area contributed by atoms with Gasteiger partial charge in [-0.15, -0.1) is 0 Å². The molecule has 0 aliphatic rings. The Labute approximate surface area is 67.0 Å². The molecule has 62 valence electrons. The zero-order valence-electron chi connectivity index (χ0n) is 6.79. The highest BCUT2D eigenvalue weighted by Crippen LogP contribution is 2.09. The molecule has 0 heterocycles. The van der Waals surface area contributed by atoms with E-state index in [-0.39, 0.29) is 0 Å². The predicted octanol–water partition coefficient (Wildman–Crippen LogP) is -0.916. The molecule has 0 saturated carbocycles. The van der Waals surface area contributed by atoms with Gasteiger partial charge in [0.2, 0.25) is 0 Å². The number of hydrogen-bond acceptors (Lipinski definition) is 3. The van der Waals surface area contributed by atoms with E-state index in [9.17, 15) is 4.80 Å². The maximum atomic E-state index is 9.21. The van der Waals surface area contributed by atoms with Crippen molar-refractivity contribution in [3.05, 3.63) is 0 Å². The van der Waals surface area contributed by atoms with Crippen molar-refractivity contribution in [1.82, 2.24) is 0 Å². The first-order valence-corrected chi connectivity index (χ1v) is 10.1. The molecule has 0 aromatic heterocycles. The first kappa shape index (κ1) is 10.5. The van der Waals surface area contributed by atoms with Gasteiger partial charge in [-0.1, -0.05) is 19.6 Å². The Hall–Kier alpha value is 0.531. The molecule has 0 aliphatic heterocycles. The van der Waals surface area contributed by atoms with Gasteiger partial charge in [0, 0.05) is 8.07 Å². The van der Waals surface area contributed by atoms with E-state index in [0.717, 1.165) is 5.67 Å². The molecule has 0 amide bonds. The van der Waals surface area contributed by atoms with E-state index >= 15 is 0 Å². The predicted molar refractivity (Wildman–Crippen MR) is 49.4 cm³/mol. The molecule has 0 spiro atoms. The lowest BCUT2D eigenvalue weighted by molar-refractivity contribution is 0.384. The third-order valence-electron chi connectivity index (χ3n) is 1.05. The van der Waals surface area contributed by atoms with E-state index in [1.165, 1.54) is 0 Å². The normalized spacial score (nSPS) is 16.5. The summed E-state index contributed by atoms with van der Waals surface area (Å²) in [5, 5.41) is 0. The van der Waals surface area contributed by atoms with Crippen LogP contribution in [0.2, 0.25) is 25.3 Å². The van der Waals surface area contributed by atoms with Gasteiger partial charge in [-0.05, 0) is 5.67 Å². The van der Waals surface area contributed by atoms with E-state index in [1.54, 1.807) is 0 Å². The zero-order chi connectivity index (χ0) is 8.20. The van der Waals surface area contributed by atoms with Gasteiger partial charge in [0.15, 0.2) is 0 Å². The highest BCUT2D eigenvalue weighted by molar-refractivity contribution is 6.84. The minimum absolute atomic E-state index is 0.848. The Morgan fingerprint density at radius 1 is 1.50 bits per heavy atom. The third kappa shape index (κ3) is 6.65. The molecule has 0 saturated heterocycles. The van der Waals surface area contributed by atoms with Crippen molar-refractivity contribution in [3.63, 3.8) is 0 Å². The molecule has 2 N–H and O–H groups in total.